The molecule has 2 rings (SSSR count). The second-order valence-electron chi connectivity index (χ2n) is 4.94. The van der Waals surface area contributed by atoms with E-state index >= 15 is 0 Å². The predicted octanol–water partition coefficient (Wildman–Crippen LogP) is 2.49. The third kappa shape index (κ3) is 5.01. The molecule has 0 aliphatic heterocycles. The Morgan fingerprint density at radius 3 is 2.53 bits per heavy atom. The molecular formula is C14H19NO2S2. The van der Waals surface area contributed by atoms with Crippen molar-refractivity contribution < 1.29 is 8.42 Å². The van der Waals surface area contributed by atoms with Crippen LogP contribution in [0.3, 0.4) is 0 Å². The van der Waals surface area contributed by atoms with Gasteiger partial charge in [-0.25, -0.2) is 8.42 Å². The molecule has 19 heavy (non-hydrogen) atoms. The van der Waals surface area contributed by atoms with E-state index in [0.717, 1.165) is 17.2 Å². The number of rotatable bonds is 7. The van der Waals surface area contributed by atoms with Crippen LogP contribution in [0.1, 0.15) is 12.8 Å². The smallest absolute Gasteiger partial charge is 0.175 e. The number of benzene rings is 1. The fourth-order valence-corrected chi connectivity index (χ4v) is 3.03. The van der Waals surface area contributed by atoms with Gasteiger partial charge in [0.05, 0.1) is 4.90 Å². The van der Waals surface area contributed by atoms with Crippen LogP contribution in [-0.4, -0.2) is 33.0 Å². The van der Waals surface area contributed by atoms with Crippen molar-refractivity contribution in [2.45, 2.75) is 28.7 Å². The Kier molecular flexibility index (Phi) is 4.71. The highest BCUT2D eigenvalue weighted by molar-refractivity contribution is 7.99. The van der Waals surface area contributed by atoms with Gasteiger partial charge in [-0.05, 0) is 37.1 Å². The van der Waals surface area contributed by atoms with Crippen LogP contribution in [0.25, 0.3) is 0 Å². The lowest BCUT2D eigenvalue weighted by molar-refractivity contribution is 0.602. The van der Waals surface area contributed by atoms with Gasteiger partial charge < -0.3 is 5.32 Å². The standard InChI is InChI=1S/C14H19NO2S2/c1-11(9-15-12-3-4-12)10-18-13-5-7-14(8-6-13)19(2,16)17/h5-8,12,15H,1,3-4,9-10H2,2H3. The van der Waals surface area contributed by atoms with Gasteiger partial charge in [-0.15, -0.1) is 11.8 Å². The minimum atomic E-state index is -3.10. The molecule has 1 aliphatic rings. The summed E-state index contributed by atoms with van der Waals surface area (Å²) >= 11 is 1.69. The lowest BCUT2D eigenvalue weighted by Crippen LogP contribution is -2.19. The van der Waals surface area contributed by atoms with Gasteiger partial charge in [0.15, 0.2) is 9.84 Å². The Labute approximate surface area is 119 Å². The summed E-state index contributed by atoms with van der Waals surface area (Å²) in [5, 5.41) is 3.43. The van der Waals surface area contributed by atoms with Gasteiger partial charge in [-0.2, -0.15) is 0 Å². The summed E-state index contributed by atoms with van der Waals surface area (Å²) in [7, 11) is -3.10. The van der Waals surface area contributed by atoms with Crippen molar-refractivity contribution in [1.82, 2.24) is 5.32 Å². The molecule has 1 aliphatic carbocycles. The molecule has 104 valence electrons. The molecule has 0 saturated heterocycles. The molecule has 0 bridgehead atoms. The van der Waals surface area contributed by atoms with Crippen LogP contribution in [-0.2, 0) is 9.84 Å². The number of hydrogen-bond donors (Lipinski definition) is 1. The number of nitrogens with one attached hydrogen (secondary N) is 1. The SMILES string of the molecule is C=C(CNC1CC1)CSc1ccc(S(C)(=O)=O)cc1. The van der Waals surface area contributed by atoms with Crippen LogP contribution < -0.4 is 5.32 Å². The molecule has 5 heteroatoms. The van der Waals surface area contributed by atoms with Crippen LogP contribution in [0.15, 0.2) is 46.2 Å². The van der Waals surface area contributed by atoms with Crippen molar-refractivity contribution in [3.05, 3.63) is 36.4 Å². The molecule has 0 heterocycles. The van der Waals surface area contributed by atoms with Crippen LogP contribution in [0.5, 0.6) is 0 Å². The zero-order valence-corrected chi connectivity index (χ0v) is 12.7. The second-order valence-corrected chi connectivity index (χ2v) is 8.00. The van der Waals surface area contributed by atoms with Gasteiger partial charge >= 0.3 is 0 Å². The molecule has 1 aromatic rings. The third-order valence-corrected chi connectivity index (χ3v) is 5.20. The van der Waals surface area contributed by atoms with Crippen LogP contribution >= 0.6 is 11.8 Å². The summed E-state index contributed by atoms with van der Waals surface area (Å²) in [6.45, 7) is 4.92. The highest BCUT2D eigenvalue weighted by Gasteiger charge is 2.19. The molecule has 1 fully saturated rings. The van der Waals surface area contributed by atoms with Crippen molar-refractivity contribution in [2.24, 2.45) is 0 Å². The summed E-state index contributed by atoms with van der Waals surface area (Å²) in [5.41, 5.74) is 1.17. The molecule has 0 aromatic heterocycles. The first kappa shape index (κ1) is 14.6. The van der Waals surface area contributed by atoms with Gasteiger partial charge in [0.1, 0.15) is 0 Å². The lowest BCUT2D eigenvalue weighted by Gasteiger charge is -2.07. The van der Waals surface area contributed by atoms with Crippen LogP contribution in [0.2, 0.25) is 0 Å². The first-order valence-corrected chi connectivity index (χ1v) is 9.16. The largest absolute Gasteiger partial charge is 0.310 e. The summed E-state index contributed by atoms with van der Waals surface area (Å²) < 4.78 is 22.7. The Balaban J connectivity index is 1.80. The van der Waals surface area contributed by atoms with Gasteiger partial charge in [0.25, 0.3) is 0 Å². The van der Waals surface area contributed by atoms with Gasteiger partial charge in [-0.1, -0.05) is 12.2 Å². The summed E-state index contributed by atoms with van der Waals surface area (Å²) in [6, 6.07) is 7.72. The van der Waals surface area contributed by atoms with Crippen molar-refractivity contribution in [2.75, 3.05) is 18.6 Å². The Hall–Kier alpha value is -0.780. The molecule has 0 atom stereocenters. The molecule has 1 aromatic carbocycles. The normalized spacial score (nSPS) is 15.4. The van der Waals surface area contributed by atoms with Crippen LogP contribution in [0, 0.1) is 0 Å². The van der Waals surface area contributed by atoms with E-state index in [0.29, 0.717) is 10.9 Å². The summed E-state index contributed by atoms with van der Waals surface area (Å²) in [5.74, 6) is 0.859. The topological polar surface area (TPSA) is 46.2 Å². The number of thioether (sulfide) groups is 1. The molecule has 3 nitrogen and oxygen atoms in total. The molecule has 0 amide bonds. The zero-order chi connectivity index (χ0) is 13.9. The molecule has 0 unspecified atom stereocenters. The Morgan fingerprint density at radius 2 is 2.00 bits per heavy atom. The first-order valence-electron chi connectivity index (χ1n) is 6.28. The van der Waals surface area contributed by atoms with Gasteiger partial charge in [0.2, 0.25) is 0 Å². The van der Waals surface area contributed by atoms with Crippen molar-refractivity contribution in [1.29, 1.82) is 0 Å². The molecule has 1 saturated carbocycles. The minimum absolute atomic E-state index is 0.367. The fourth-order valence-electron chi connectivity index (χ4n) is 1.60. The highest BCUT2D eigenvalue weighted by Crippen LogP contribution is 2.23. The van der Waals surface area contributed by atoms with E-state index in [1.54, 1.807) is 23.9 Å². The average Bonchev–Trinajstić information content (AvgIpc) is 3.17. The van der Waals surface area contributed by atoms with E-state index in [-0.39, 0.29) is 0 Å². The second kappa shape index (κ2) is 6.11. The van der Waals surface area contributed by atoms with Crippen molar-refractivity contribution in [3.8, 4) is 0 Å². The van der Waals surface area contributed by atoms with E-state index in [2.05, 4.69) is 11.9 Å². The third-order valence-electron chi connectivity index (χ3n) is 2.91. The van der Waals surface area contributed by atoms with E-state index in [4.69, 9.17) is 0 Å². The maximum absolute atomic E-state index is 11.3. The Morgan fingerprint density at radius 1 is 1.37 bits per heavy atom. The van der Waals surface area contributed by atoms with E-state index in [1.165, 1.54) is 24.7 Å². The van der Waals surface area contributed by atoms with Crippen molar-refractivity contribution >= 4 is 21.6 Å². The van der Waals surface area contributed by atoms with Crippen LogP contribution in [0.4, 0.5) is 0 Å². The molecular weight excluding hydrogens is 278 g/mol. The summed E-state index contributed by atoms with van der Waals surface area (Å²) in [4.78, 5) is 1.44. The minimum Gasteiger partial charge on any atom is -0.310 e. The van der Waals surface area contributed by atoms with Gasteiger partial charge in [-0.3, -0.25) is 0 Å². The summed E-state index contributed by atoms with van der Waals surface area (Å²) in [6.07, 6.45) is 3.79. The quantitative estimate of drug-likeness (QED) is 0.620. The van der Waals surface area contributed by atoms with E-state index < -0.39 is 9.84 Å². The van der Waals surface area contributed by atoms with E-state index in [1.807, 2.05) is 12.1 Å². The van der Waals surface area contributed by atoms with Crippen molar-refractivity contribution in [3.63, 3.8) is 0 Å². The number of hydrogen-bond acceptors (Lipinski definition) is 4. The van der Waals surface area contributed by atoms with Gasteiger partial charge in [0, 0.05) is 29.5 Å². The maximum Gasteiger partial charge on any atom is 0.175 e. The lowest BCUT2D eigenvalue weighted by atomic mass is 10.3. The first-order chi connectivity index (χ1) is 8.95. The predicted molar refractivity (Wildman–Crippen MR) is 80.4 cm³/mol. The molecule has 0 spiro atoms. The highest BCUT2D eigenvalue weighted by atomic mass is 32.2. The Bertz CT molecular complexity index is 545. The van der Waals surface area contributed by atoms with E-state index in [9.17, 15) is 8.42 Å². The average molecular weight is 297 g/mol. The molecule has 1 N–H and O–H groups in total. The zero-order valence-electron chi connectivity index (χ0n) is 11.1. The number of sulfone groups is 1. The monoisotopic (exact) mass is 297 g/mol. The maximum atomic E-state index is 11.3. The molecule has 0 radical (unpaired) electrons. The fraction of sp³-hybridized carbons (Fsp3) is 0.429.